The predicted octanol–water partition coefficient (Wildman–Crippen LogP) is 1.62. The predicted molar refractivity (Wildman–Crippen MR) is 79.8 cm³/mol. The Balaban J connectivity index is 1.82. The van der Waals surface area contributed by atoms with Crippen LogP contribution in [-0.2, 0) is 11.2 Å². The number of nitrogens with zero attached hydrogens (tertiary/aromatic N) is 1. The molecule has 0 fully saturated rings. The zero-order chi connectivity index (χ0) is 14.5. The first kappa shape index (κ1) is 14.6. The first-order chi connectivity index (χ1) is 9.54. The lowest BCUT2D eigenvalue weighted by molar-refractivity contribution is -0.120. The van der Waals surface area contributed by atoms with E-state index in [0.29, 0.717) is 13.0 Å². The van der Waals surface area contributed by atoms with Crippen LogP contribution in [-0.4, -0.2) is 42.6 Å². The van der Waals surface area contributed by atoms with Gasteiger partial charge in [0.05, 0.1) is 6.42 Å². The molecule has 0 bridgehead atoms. The van der Waals surface area contributed by atoms with E-state index >= 15 is 0 Å². The maximum absolute atomic E-state index is 11.9. The molecule has 0 saturated heterocycles. The Morgan fingerprint density at radius 2 is 2.25 bits per heavy atom. The molecule has 108 valence electrons. The second-order valence-electron chi connectivity index (χ2n) is 5.45. The van der Waals surface area contributed by atoms with Crippen molar-refractivity contribution in [2.45, 2.75) is 19.8 Å². The number of nitrogens with one attached hydrogen (secondary N) is 1. The van der Waals surface area contributed by atoms with Crippen molar-refractivity contribution in [1.82, 2.24) is 10.2 Å². The van der Waals surface area contributed by atoms with E-state index in [1.54, 1.807) is 6.07 Å². The number of likely N-dealkylation sites (N-methyl/N-ethyl adjacent to an activating group) is 1. The van der Waals surface area contributed by atoms with E-state index in [2.05, 4.69) is 23.3 Å². The van der Waals surface area contributed by atoms with E-state index in [0.717, 1.165) is 30.6 Å². The van der Waals surface area contributed by atoms with Crippen LogP contribution in [0.2, 0.25) is 0 Å². The Morgan fingerprint density at radius 1 is 1.45 bits per heavy atom. The van der Waals surface area contributed by atoms with Crippen LogP contribution in [0.1, 0.15) is 17.5 Å². The number of hydrogen-bond donors (Lipinski definition) is 2. The summed E-state index contributed by atoms with van der Waals surface area (Å²) in [6.45, 7) is 4.47. The number of rotatable bonds is 4. The molecule has 20 heavy (non-hydrogen) atoms. The van der Waals surface area contributed by atoms with Crippen LogP contribution >= 0.6 is 0 Å². The molecule has 0 aromatic heterocycles. The second kappa shape index (κ2) is 6.57. The molecule has 1 aromatic carbocycles. The summed E-state index contributed by atoms with van der Waals surface area (Å²) >= 11 is 0. The average molecular weight is 274 g/mol. The van der Waals surface area contributed by atoms with Crippen LogP contribution in [0.3, 0.4) is 0 Å². The molecule has 1 heterocycles. The topological polar surface area (TPSA) is 52.6 Å². The fourth-order valence-electron chi connectivity index (χ4n) is 2.20. The van der Waals surface area contributed by atoms with Crippen molar-refractivity contribution < 1.29 is 9.90 Å². The molecule has 0 spiro atoms. The van der Waals surface area contributed by atoms with Crippen LogP contribution in [0.4, 0.5) is 0 Å². The number of benzene rings is 1. The number of phenols is 1. The van der Waals surface area contributed by atoms with E-state index in [9.17, 15) is 9.90 Å². The Bertz CT molecular complexity index is 523. The minimum absolute atomic E-state index is 0.00641. The fourth-order valence-corrected chi connectivity index (χ4v) is 2.20. The molecule has 1 aromatic rings. The highest BCUT2D eigenvalue weighted by Crippen LogP contribution is 2.17. The van der Waals surface area contributed by atoms with E-state index in [1.165, 1.54) is 5.57 Å². The van der Waals surface area contributed by atoms with Crippen LogP contribution in [0.15, 0.2) is 29.8 Å². The standard InChI is InChI=1S/C16H22N2O2/c1-12-3-4-14(9-15(12)19)10-16(20)17-11-13-5-7-18(2)8-6-13/h3-5,9,19H,6-8,10-11H2,1-2H3,(H,17,20). The zero-order valence-electron chi connectivity index (χ0n) is 12.1. The Labute approximate surface area is 120 Å². The smallest absolute Gasteiger partial charge is 0.224 e. The normalized spacial score (nSPS) is 15.8. The molecule has 0 saturated carbocycles. The summed E-state index contributed by atoms with van der Waals surface area (Å²) < 4.78 is 0. The van der Waals surface area contributed by atoms with Gasteiger partial charge in [-0.3, -0.25) is 4.79 Å². The van der Waals surface area contributed by atoms with Crippen molar-refractivity contribution in [3.63, 3.8) is 0 Å². The lowest BCUT2D eigenvalue weighted by Crippen LogP contribution is -2.31. The Hall–Kier alpha value is -1.81. The van der Waals surface area contributed by atoms with Gasteiger partial charge in [0.2, 0.25) is 5.91 Å². The molecule has 4 nitrogen and oxygen atoms in total. The minimum Gasteiger partial charge on any atom is -0.508 e. The van der Waals surface area contributed by atoms with Gasteiger partial charge in [0.15, 0.2) is 0 Å². The van der Waals surface area contributed by atoms with Crippen molar-refractivity contribution >= 4 is 5.91 Å². The van der Waals surface area contributed by atoms with E-state index in [4.69, 9.17) is 0 Å². The van der Waals surface area contributed by atoms with E-state index in [1.807, 2.05) is 19.1 Å². The van der Waals surface area contributed by atoms with Gasteiger partial charge in [-0.1, -0.05) is 23.8 Å². The SMILES string of the molecule is Cc1ccc(CC(=O)NCC2=CCN(C)CC2)cc1O. The third-order valence-corrected chi connectivity index (χ3v) is 3.66. The third-order valence-electron chi connectivity index (χ3n) is 3.66. The maximum atomic E-state index is 11.9. The van der Waals surface area contributed by atoms with Crippen LogP contribution in [0.25, 0.3) is 0 Å². The molecular weight excluding hydrogens is 252 g/mol. The molecule has 0 unspecified atom stereocenters. The summed E-state index contributed by atoms with van der Waals surface area (Å²) in [7, 11) is 2.09. The van der Waals surface area contributed by atoms with Gasteiger partial charge in [0.1, 0.15) is 5.75 Å². The largest absolute Gasteiger partial charge is 0.508 e. The van der Waals surface area contributed by atoms with Gasteiger partial charge in [-0.05, 0) is 37.6 Å². The summed E-state index contributed by atoms with van der Waals surface area (Å²) in [6.07, 6.45) is 3.50. The lowest BCUT2D eigenvalue weighted by atomic mass is 10.1. The van der Waals surface area contributed by atoms with Gasteiger partial charge in [-0.25, -0.2) is 0 Å². The quantitative estimate of drug-likeness (QED) is 0.820. The van der Waals surface area contributed by atoms with Crippen LogP contribution in [0.5, 0.6) is 5.75 Å². The van der Waals surface area contributed by atoms with Crippen LogP contribution in [0, 0.1) is 6.92 Å². The van der Waals surface area contributed by atoms with Gasteiger partial charge < -0.3 is 15.3 Å². The number of hydrogen-bond acceptors (Lipinski definition) is 3. The highest BCUT2D eigenvalue weighted by molar-refractivity contribution is 5.79. The lowest BCUT2D eigenvalue weighted by Gasteiger charge is -2.22. The second-order valence-corrected chi connectivity index (χ2v) is 5.45. The summed E-state index contributed by atoms with van der Waals surface area (Å²) in [4.78, 5) is 14.1. The number of phenolic OH excluding ortho intramolecular Hbond substituents is 1. The van der Waals surface area contributed by atoms with Gasteiger partial charge in [-0.15, -0.1) is 0 Å². The minimum atomic E-state index is -0.00641. The average Bonchev–Trinajstić information content (AvgIpc) is 2.42. The monoisotopic (exact) mass is 274 g/mol. The highest BCUT2D eigenvalue weighted by Gasteiger charge is 2.09. The summed E-state index contributed by atoms with van der Waals surface area (Å²) in [5, 5.41) is 12.6. The number of carbonyl (C=O) groups excluding carboxylic acids is 1. The first-order valence-electron chi connectivity index (χ1n) is 6.96. The molecule has 1 aliphatic heterocycles. The number of amides is 1. The van der Waals surface area contributed by atoms with E-state index in [-0.39, 0.29) is 11.7 Å². The van der Waals surface area contributed by atoms with Gasteiger partial charge in [0, 0.05) is 19.6 Å². The molecule has 2 N–H and O–H groups in total. The van der Waals surface area contributed by atoms with Crippen molar-refractivity contribution in [3.05, 3.63) is 41.0 Å². The van der Waals surface area contributed by atoms with E-state index < -0.39 is 0 Å². The number of carbonyl (C=O) groups is 1. The maximum Gasteiger partial charge on any atom is 0.224 e. The number of aryl methyl sites for hydroxylation is 1. The highest BCUT2D eigenvalue weighted by atomic mass is 16.3. The van der Waals surface area contributed by atoms with Crippen molar-refractivity contribution in [3.8, 4) is 5.75 Å². The Kier molecular flexibility index (Phi) is 4.79. The summed E-state index contributed by atoms with van der Waals surface area (Å²) in [5.41, 5.74) is 2.96. The molecule has 0 atom stereocenters. The molecule has 1 amide bonds. The molecular formula is C16H22N2O2. The molecule has 0 aliphatic carbocycles. The fraction of sp³-hybridized carbons (Fsp3) is 0.438. The third kappa shape index (κ3) is 4.10. The molecule has 1 aliphatic rings. The molecule has 2 rings (SSSR count). The van der Waals surface area contributed by atoms with Crippen molar-refractivity contribution in [2.24, 2.45) is 0 Å². The zero-order valence-corrected chi connectivity index (χ0v) is 12.1. The van der Waals surface area contributed by atoms with Gasteiger partial charge in [0.25, 0.3) is 0 Å². The van der Waals surface area contributed by atoms with Crippen molar-refractivity contribution in [2.75, 3.05) is 26.7 Å². The molecule has 4 heteroatoms. The number of aromatic hydroxyl groups is 1. The summed E-state index contributed by atoms with van der Waals surface area (Å²) in [6, 6.07) is 5.37. The Morgan fingerprint density at radius 3 is 2.90 bits per heavy atom. The van der Waals surface area contributed by atoms with Crippen molar-refractivity contribution in [1.29, 1.82) is 0 Å². The first-order valence-corrected chi connectivity index (χ1v) is 6.96. The van der Waals surface area contributed by atoms with Gasteiger partial charge >= 0.3 is 0 Å². The molecule has 0 radical (unpaired) electrons. The summed E-state index contributed by atoms with van der Waals surface area (Å²) in [5.74, 6) is 0.237. The van der Waals surface area contributed by atoms with Crippen LogP contribution < -0.4 is 5.32 Å². The van der Waals surface area contributed by atoms with Gasteiger partial charge in [-0.2, -0.15) is 0 Å².